The summed E-state index contributed by atoms with van der Waals surface area (Å²) in [5.74, 6) is -0.934. The normalized spacial score (nSPS) is 11.6. The summed E-state index contributed by atoms with van der Waals surface area (Å²) in [5, 5.41) is 7.35. The maximum atomic E-state index is 13.1. The smallest absolute Gasteiger partial charge is 0.295 e. The Balaban J connectivity index is 0.00000408. The molecule has 0 bridgehead atoms. The molecule has 3 rings (SSSR count). The third-order valence-corrected chi connectivity index (χ3v) is 4.87. The van der Waals surface area contributed by atoms with Gasteiger partial charge in [-0.3, -0.25) is 14.4 Å². The van der Waals surface area contributed by atoms with Gasteiger partial charge in [-0.05, 0) is 42.8 Å². The lowest BCUT2D eigenvalue weighted by Crippen LogP contribution is -2.43. The van der Waals surface area contributed by atoms with Crippen LogP contribution in [0.1, 0.15) is 11.3 Å². The van der Waals surface area contributed by atoms with E-state index in [9.17, 15) is 14.4 Å². The second-order valence-corrected chi connectivity index (χ2v) is 9.10. The average Bonchev–Trinajstić information content (AvgIpc) is 2.72. The highest BCUT2D eigenvalue weighted by Gasteiger charge is 2.19. The number of anilines is 1. The van der Waals surface area contributed by atoms with Crippen molar-refractivity contribution in [2.45, 2.75) is 13.3 Å². The van der Waals surface area contributed by atoms with Crippen molar-refractivity contribution in [1.82, 2.24) is 15.4 Å². The number of aryl methyl sites for hydroxylation is 1. The molecule has 11 heteroatoms. The first-order valence-corrected chi connectivity index (χ1v) is 10.6. The summed E-state index contributed by atoms with van der Waals surface area (Å²) in [5.41, 5.74) is 4.48. The zero-order valence-corrected chi connectivity index (χ0v) is 21.8. The fourth-order valence-corrected chi connectivity index (χ4v) is 3.30. The first kappa shape index (κ1) is 27.2. The van der Waals surface area contributed by atoms with Crippen LogP contribution in [0.3, 0.4) is 0 Å². The Morgan fingerprint density at radius 1 is 1.15 bits per heavy atom. The SMILES string of the molecule is Br.Cc1cc(Cl)ccc1NC(=O)/C(Cc1nc2ccccc2[nH]c1=O)=N\NC(=O)C[N+](C)(C)C. The Morgan fingerprint density at radius 3 is 2.53 bits per heavy atom. The predicted molar refractivity (Wildman–Crippen MR) is 140 cm³/mol. The highest BCUT2D eigenvalue weighted by atomic mass is 79.9. The number of likely N-dealkylation sites (N-methyl/N-ethyl adjacent to an activating group) is 1. The number of nitrogens with one attached hydrogen (secondary N) is 3. The molecule has 3 N–H and O–H groups in total. The minimum atomic E-state index is -0.569. The number of aromatic nitrogens is 2. The first-order valence-electron chi connectivity index (χ1n) is 10.2. The number of rotatable bonds is 7. The van der Waals surface area contributed by atoms with Crippen LogP contribution >= 0.6 is 28.6 Å². The molecule has 0 aliphatic carbocycles. The van der Waals surface area contributed by atoms with E-state index in [0.29, 0.717) is 26.2 Å². The molecule has 2 amide bonds. The third kappa shape index (κ3) is 7.47. The Bertz CT molecular complexity index is 1300. The molecule has 0 unspecified atom stereocenters. The number of nitrogens with zero attached hydrogens (tertiary/aromatic N) is 3. The number of hydrogen-bond acceptors (Lipinski definition) is 5. The lowest BCUT2D eigenvalue weighted by molar-refractivity contribution is -0.862. The third-order valence-electron chi connectivity index (χ3n) is 4.64. The minimum Gasteiger partial charge on any atom is -0.323 e. The number of halogens is 2. The molecule has 3 aromatic rings. The van der Waals surface area contributed by atoms with Crippen LogP contribution in [0.5, 0.6) is 0 Å². The van der Waals surface area contributed by atoms with E-state index in [1.54, 1.807) is 49.4 Å². The van der Waals surface area contributed by atoms with Gasteiger partial charge < -0.3 is 14.8 Å². The average molecular weight is 551 g/mol. The van der Waals surface area contributed by atoms with Crippen LogP contribution in [0, 0.1) is 6.92 Å². The van der Waals surface area contributed by atoms with E-state index in [-0.39, 0.29) is 47.3 Å². The molecule has 0 spiro atoms. The quantitative estimate of drug-likeness (QED) is 0.238. The van der Waals surface area contributed by atoms with Crippen LogP contribution in [-0.2, 0) is 16.0 Å². The van der Waals surface area contributed by atoms with Crippen molar-refractivity contribution in [3.05, 3.63) is 69.1 Å². The summed E-state index contributed by atoms with van der Waals surface area (Å²) in [4.78, 5) is 45.0. The fourth-order valence-electron chi connectivity index (χ4n) is 3.07. The topological polar surface area (TPSA) is 116 Å². The second kappa shape index (κ2) is 11.4. The van der Waals surface area contributed by atoms with Gasteiger partial charge in [0, 0.05) is 17.1 Å². The standard InChI is InChI=1S/C23H25ClN6O3.BrH/c1-14-11-15(24)9-10-16(14)26-23(33)20(28-29-21(31)13-30(2,3)4)12-19-22(32)27-18-8-6-5-7-17(18)25-19;/h5-11H,12-13H2,1-4H3,(H2-,26,27,29,31,32,33);1H/p+1. The summed E-state index contributed by atoms with van der Waals surface area (Å²) in [6, 6.07) is 12.1. The van der Waals surface area contributed by atoms with Gasteiger partial charge >= 0.3 is 0 Å². The molecule has 9 nitrogen and oxygen atoms in total. The Hall–Kier alpha value is -3.08. The van der Waals surface area contributed by atoms with Crippen LogP contribution in [0.25, 0.3) is 11.0 Å². The van der Waals surface area contributed by atoms with Gasteiger partial charge in [-0.15, -0.1) is 17.0 Å². The van der Waals surface area contributed by atoms with E-state index in [0.717, 1.165) is 5.56 Å². The number of quaternary nitrogens is 1. The lowest BCUT2D eigenvalue weighted by Gasteiger charge is -2.22. The number of hydrazone groups is 1. The second-order valence-electron chi connectivity index (χ2n) is 8.66. The van der Waals surface area contributed by atoms with Crippen molar-refractivity contribution < 1.29 is 14.1 Å². The van der Waals surface area contributed by atoms with E-state index < -0.39 is 11.5 Å². The largest absolute Gasteiger partial charge is 0.323 e. The van der Waals surface area contributed by atoms with Gasteiger partial charge in [-0.1, -0.05) is 23.7 Å². The Kier molecular flexibility index (Phi) is 9.08. The predicted octanol–water partition coefficient (Wildman–Crippen LogP) is 2.82. The molecule has 1 heterocycles. The minimum absolute atomic E-state index is 0. The van der Waals surface area contributed by atoms with Crippen molar-refractivity contribution in [2.24, 2.45) is 5.10 Å². The van der Waals surface area contributed by atoms with Gasteiger partial charge in [0.25, 0.3) is 17.4 Å². The Morgan fingerprint density at radius 2 is 1.85 bits per heavy atom. The van der Waals surface area contributed by atoms with Gasteiger partial charge in [0.1, 0.15) is 11.4 Å². The van der Waals surface area contributed by atoms with Crippen LogP contribution in [-0.4, -0.2) is 59.7 Å². The van der Waals surface area contributed by atoms with Crippen molar-refractivity contribution in [1.29, 1.82) is 0 Å². The molecule has 0 radical (unpaired) electrons. The fraction of sp³-hybridized carbons (Fsp3) is 0.261. The molecule has 0 saturated heterocycles. The summed E-state index contributed by atoms with van der Waals surface area (Å²) < 4.78 is 0.388. The zero-order chi connectivity index (χ0) is 24.2. The first-order chi connectivity index (χ1) is 15.5. The molecule has 180 valence electrons. The maximum Gasteiger partial charge on any atom is 0.295 e. The van der Waals surface area contributed by atoms with E-state index >= 15 is 0 Å². The number of aromatic amines is 1. The van der Waals surface area contributed by atoms with Gasteiger partial charge in [-0.2, -0.15) is 5.10 Å². The summed E-state index contributed by atoms with van der Waals surface area (Å²) in [7, 11) is 5.58. The molecule has 0 fully saturated rings. The maximum absolute atomic E-state index is 13.1. The molecular weight excluding hydrogens is 524 g/mol. The molecule has 2 aromatic carbocycles. The summed E-state index contributed by atoms with van der Waals surface area (Å²) in [6.07, 6.45) is -0.177. The van der Waals surface area contributed by atoms with Gasteiger partial charge in [0.15, 0.2) is 6.54 Å². The van der Waals surface area contributed by atoms with Crippen molar-refractivity contribution in [3.8, 4) is 0 Å². The van der Waals surface area contributed by atoms with E-state index in [4.69, 9.17) is 11.6 Å². The number of para-hydroxylation sites is 2. The van der Waals surface area contributed by atoms with Crippen molar-refractivity contribution in [2.75, 3.05) is 33.0 Å². The van der Waals surface area contributed by atoms with Crippen LogP contribution in [0.15, 0.2) is 52.4 Å². The molecule has 0 atom stereocenters. The number of amides is 2. The number of H-pyrrole nitrogens is 1. The van der Waals surface area contributed by atoms with Crippen molar-refractivity contribution >= 4 is 62.8 Å². The molecule has 0 saturated carbocycles. The molecule has 1 aromatic heterocycles. The van der Waals surface area contributed by atoms with Crippen LogP contribution in [0.4, 0.5) is 5.69 Å². The number of carbonyl (C=O) groups excluding carboxylic acids is 2. The molecule has 34 heavy (non-hydrogen) atoms. The molecule has 0 aliphatic rings. The Labute approximate surface area is 212 Å². The molecular formula is C23H27BrClN6O3+. The van der Waals surface area contributed by atoms with Crippen LogP contribution < -0.4 is 16.3 Å². The van der Waals surface area contributed by atoms with E-state index in [2.05, 4.69) is 25.8 Å². The molecule has 0 aliphatic heterocycles. The van der Waals surface area contributed by atoms with E-state index in [1.807, 2.05) is 21.1 Å². The summed E-state index contributed by atoms with van der Waals surface area (Å²) in [6.45, 7) is 1.96. The lowest BCUT2D eigenvalue weighted by atomic mass is 10.1. The zero-order valence-electron chi connectivity index (χ0n) is 19.3. The van der Waals surface area contributed by atoms with E-state index in [1.165, 1.54) is 0 Å². The monoisotopic (exact) mass is 549 g/mol. The van der Waals surface area contributed by atoms with Gasteiger partial charge in [-0.25, -0.2) is 10.4 Å². The van der Waals surface area contributed by atoms with Gasteiger partial charge in [0.05, 0.1) is 32.2 Å². The van der Waals surface area contributed by atoms with Gasteiger partial charge in [0.2, 0.25) is 0 Å². The summed E-state index contributed by atoms with van der Waals surface area (Å²) >= 11 is 5.99. The van der Waals surface area contributed by atoms with Crippen LogP contribution in [0.2, 0.25) is 5.02 Å². The number of fused-ring (bicyclic) bond motifs is 1. The highest BCUT2D eigenvalue weighted by molar-refractivity contribution is 8.93. The number of hydrogen-bond donors (Lipinski definition) is 3. The highest BCUT2D eigenvalue weighted by Crippen LogP contribution is 2.19. The number of carbonyl (C=O) groups is 2. The number of benzene rings is 2. The van der Waals surface area contributed by atoms with Crippen molar-refractivity contribution in [3.63, 3.8) is 0 Å².